The van der Waals surface area contributed by atoms with Crippen molar-refractivity contribution in [2.75, 3.05) is 0 Å². The molecule has 2 rings (SSSR count). The van der Waals surface area contributed by atoms with Gasteiger partial charge in [0.2, 0.25) is 5.91 Å². The maximum Gasteiger partial charge on any atom is 0.342 e. The molecule has 2 aromatic rings. The molecule has 0 aliphatic carbocycles. The van der Waals surface area contributed by atoms with Gasteiger partial charge >= 0.3 is 11.7 Å². The molecule has 0 atom stereocenters. The Morgan fingerprint density at radius 2 is 1.96 bits per heavy atom. The molecule has 0 saturated heterocycles. The first kappa shape index (κ1) is 16.8. The zero-order valence-corrected chi connectivity index (χ0v) is 12.3. The number of aromatic nitrogens is 3. The highest BCUT2D eigenvalue weighted by Crippen LogP contribution is 2.02. The van der Waals surface area contributed by atoms with E-state index in [0.29, 0.717) is 5.56 Å². The first-order valence-corrected chi connectivity index (χ1v) is 6.79. The van der Waals surface area contributed by atoms with Gasteiger partial charge < -0.3 is 5.11 Å². The number of amides is 1. The van der Waals surface area contributed by atoms with E-state index in [1.807, 2.05) is 4.98 Å². The second-order valence-electron chi connectivity index (χ2n) is 4.67. The molecule has 4 N–H and O–H groups in total. The van der Waals surface area contributed by atoms with Gasteiger partial charge in [0, 0.05) is 12.8 Å². The zero-order valence-electron chi connectivity index (χ0n) is 12.3. The molecule has 10 heteroatoms. The number of H-pyrrole nitrogens is 2. The van der Waals surface area contributed by atoms with Gasteiger partial charge in [-0.1, -0.05) is 12.1 Å². The van der Waals surface area contributed by atoms with Crippen molar-refractivity contribution in [3.05, 3.63) is 61.9 Å². The molecule has 0 saturated carbocycles. The van der Waals surface area contributed by atoms with Crippen molar-refractivity contribution >= 4 is 18.1 Å². The Bertz CT molecular complexity index is 881. The number of aromatic carboxylic acids is 1. The van der Waals surface area contributed by atoms with Crippen molar-refractivity contribution in [2.24, 2.45) is 5.10 Å². The van der Waals surface area contributed by atoms with Crippen LogP contribution < -0.4 is 16.7 Å². The van der Waals surface area contributed by atoms with Crippen LogP contribution in [0.5, 0.6) is 0 Å². The Hall–Kier alpha value is -3.56. The van der Waals surface area contributed by atoms with Gasteiger partial charge in [-0.2, -0.15) is 10.2 Å². The second-order valence-corrected chi connectivity index (χ2v) is 4.67. The van der Waals surface area contributed by atoms with E-state index in [-0.39, 0.29) is 24.1 Å². The van der Waals surface area contributed by atoms with Gasteiger partial charge in [-0.3, -0.25) is 14.6 Å². The molecule has 124 valence electrons. The summed E-state index contributed by atoms with van der Waals surface area (Å²) in [5.74, 6) is -1.47. The van der Waals surface area contributed by atoms with Gasteiger partial charge in [0.15, 0.2) is 0 Å². The lowest BCUT2D eigenvalue weighted by Crippen LogP contribution is -2.28. The topological polar surface area (TPSA) is 157 Å². The second kappa shape index (κ2) is 7.63. The fourth-order valence-electron chi connectivity index (χ4n) is 1.72. The van der Waals surface area contributed by atoms with E-state index in [2.05, 4.69) is 20.7 Å². The molecule has 0 bridgehead atoms. The minimum Gasteiger partial charge on any atom is -0.478 e. The first-order chi connectivity index (χ1) is 11.5. The van der Waals surface area contributed by atoms with Crippen molar-refractivity contribution in [1.29, 1.82) is 0 Å². The van der Waals surface area contributed by atoms with Gasteiger partial charge in [-0.05, 0) is 17.7 Å². The Morgan fingerprint density at radius 1 is 1.25 bits per heavy atom. The maximum absolute atomic E-state index is 11.6. The standard InChI is InChI=1S/C14H13N5O5/c20-11(6-5-10-12(21)16-14(24)19-17-10)18-15-7-8-1-3-9(4-2-8)13(22)23/h1-4,7H,5-6H2,(H,18,20)(H,22,23)(H2,16,19,21,24). The fraction of sp³-hybridized carbons (Fsp3) is 0.143. The van der Waals surface area contributed by atoms with Crippen LogP contribution in [0.1, 0.15) is 28.0 Å². The number of aromatic amines is 2. The minimum atomic E-state index is -1.03. The van der Waals surface area contributed by atoms with Crippen molar-refractivity contribution in [3.8, 4) is 0 Å². The number of nitrogens with zero attached hydrogens (tertiary/aromatic N) is 2. The summed E-state index contributed by atoms with van der Waals surface area (Å²) in [6.45, 7) is 0. The quantitative estimate of drug-likeness (QED) is 0.402. The number of carboxylic acid groups (broad SMARTS) is 1. The molecular weight excluding hydrogens is 318 g/mol. The predicted octanol–water partition coefficient (Wildman–Crippen LogP) is -0.761. The number of carboxylic acids is 1. The summed E-state index contributed by atoms with van der Waals surface area (Å²) in [7, 11) is 0. The number of benzene rings is 1. The van der Waals surface area contributed by atoms with E-state index in [0.717, 1.165) is 0 Å². The van der Waals surface area contributed by atoms with Crippen molar-refractivity contribution in [3.63, 3.8) is 0 Å². The molecule has 0 radical (unpaired) electrons. The lowest BCUT2D eigenvalue weighted by molar-refractivity contribution is -0.121. The summed E-state index contributed by atoms with van der Waals surface area (Å²) >= 11 is 0. The summed E-state index contributed by atoms with van der Waals surface area (Å²) in [5, 5.41) is 18.1. The summed E-state index contributed by atoms with van der Waals surface area (Å²) in [6.07, 6.45) is 1.35. The van der Waals surface area contributed by atoms with E-state index in [4.69, 9.17) is 5.11 Å². The molecule has 0 aliphatic heterocycles. The number of hydrazone groups is 1. The largest absolute Gasteiger partial charge is 0.478 e. The van der Waals surface area contributed by atoms with E-state index in [1.165, 1.54) is 18.3 Å². The van der Waals surface area contributed by atoms with Gasteiger partial charge in [-0.25, -0.2) is 20.1 Å². The van der Waals surface area contributed by atoms with Crippen molar-refractivity contribution in [1.82, 2.24) is 20.6 Å². The number of aryl methyl sites for hydroxylation is 1. The molecule has 1 amide bonds. The van der Waals surface area contributed by atoms with E-state index in [9.17, 15) is 19.2 Å². The molecule has 10 nitrogen and oxygen atoms in total. The van der Waals surface area contributed by atoms with E-state index in [1.54, 1.807) is 12.1 Å². The number of rotatable bonds is 6. The van der Waals surface area contributed by atoms with E-state index < -0.39 is 23.1 Å². The molecule has 1 aromatic carbocycles. The van der Waals surface area contributed by atoms with Crippen LogP contribution in [0, 0.1) is 0 Å². The molecule has 24 heavy (non-hydrogen) atoms. The van der Waals surface area contributed by atoms with E-state index >= 15 is 0 Å². The first-order valence-electron chi connectivity index (χ1n) is 6.79. The number of carbonyl (C=O) groups is 2. The Labute approximate surface area is 134 Å². The molecule has 0 spiro atoms. The van der Waals surface area contributed by atoms with Crippen LogP contribution in [-0.4, -0.2) is 38.4 Å². The van der Waals surface area contributed by atoms with Gasteiger partial charge in [0.05, 0.1) is 11.8 Å². The molecule has 1 aromatic heterocycles. The number of carbonyl (C=O) groups excluding carboxylic acids is 1. The molecule has 0 fully saturated rings. The highest BCUT2D eigenvalue weighted by Gasteiger charge is 2.06. The van der Waals surface area contributed by atoms with Gasteiger partial charge in [-0.15, -0.1) is 0 Å². The van der Waals surface area contributed by atoms with Crippen molar-refractivity contribution in [2.45, 2.75) is 12.8 Å². The summed E-state index contributed by atoms with van der Waals surface area (Å²) < 4.78 is 0. The smallest absolute Gasteiger partial charge is 0.342 e. The highest BCUT2D eigenvalue weighted by molar-refractivity contribution is 5.89. The number of nitrogens with one attached hydrogen (secondary N) is 3. The minimum absolute atomic E-state index is 0.0398. The third kappa shape index (κ3) is 4.73. The Kier molecular flexibility index (Phi) is 5.34. The lowest BCUT2D eigenvalue weighted by atomic mass is 10.1. The van der Waals surface area contributed by atoms with Gasteiger partial charge in [0.1, 0.15) is 5.69 Å². The highest BCUT2D eigenvalue weighted by atomic mass is 16.4. The summed E-state index contributed by atoms with van der Waals surface area (Å²) in [5.41, 5.74) is 1.71. The number of hydrogen-bond acceptors (Lipinski definition) is 6. The predicted molar refractivity (Wildman–Crippen MR) is 82.9 cm³/mol. The molecule has 0 unspecified atom stereocenters. The Morgan fingerprint density at radius 3 is 2.58 bits per heavy atom. The van der Waals surface area contributed by atoms with Crippen LogP contribution in [0.15, 0.2) is 39.0 Å². The number of hydrogen-bond donors (Lipinski definition) is 4. The van der Waals surface area contributed by atoms with Crippen molar-refractivity contribution < 1.29 is 14.7 Å². The maximum atomic E-state index is 11.6. The SMILES string of the molecule is O=C(CCc1n[nH]c(=O)[nH]c1=O)NN=Cc1ccc(C(=O)O)cc1. The summed E-state index contributed by atoms with van der Waals surface area (Å²) in [6, 6.07) is 5.92. The van der Waals surface area contributed by atoms with Gasteiger partial charge in [0.25, 0.3) is 5.56 Å². The van der Waals surface area contributed by atoms with Crippen LogP contribution in [0.25, 0.3) is 0 Å². The molecular formula is C14H13N5O5. The molecule has 1 heterocycles. The monoisotopic (exact) mass is 331 g/mol. The summed E-state index contributed by atoms with van der Waals surface area (Å²) in [4.78, 5) is 46.5. The fourth-order valence-corrected chi connectivity index (χ4v) is 1.72. The van der Waals surface area contributed by atoms with Crippen LogP contribution in [0.3, 0.4) is 0 Å². The Balaban J connectivity index is 1.85. The lowest BCUT2D eigenvalue weighted by Gasteiger charge is -1.99. The van der Waals surface area contributed by atoms with Crippen LogP contribution in [0.4, 0.5) is 0 Å². The van der Waals surface area contributed by atoms with Crippen LogP contribution in [-0.2, 0) is 11.2 Å². The van der Waals surface area contributed by atoms with Crippen LogP contribution in [0.2, 0.25) is 0 Å². The average Bonchev–Trinajstić information content (AvgIpc) is 2.54. The third-order valence-corrected chi connectivity index (χ3v) is 2.93. The van der Waals surface area contributed by atoms with Crippen LogP contribution >= 0.6 is 0 Å². The third-order valence-electron chi connectivity index (χ3n) is 2.93. The normalized spacial score (nSPS) is 10.7. The average molecular weight is 331 g/mol. The zero-order chi connectivity index (χ0) is 17.5. The molecule has 0 aliphatic rings.